The van der Waals surface area contributed by atoms with Crippen molar-refractivity contribution in [1.29, 1.82) is 0 Å². The Labute approximate surface area is 130 Å². The van der Waals surface area contributed by atoms with Gasteiger partial charge in [-0.3, -0.25) is 4.99 Å². The second kappa shape index (κ2) is 8.22. The Bertz CT molecular complexity index is 658. The smallest absolute Gasteiger partial charge is 0.190 e. The molecule has 0 atom stereocenters. The second-order valence-electron chi connectivity index (χ2n) is 5.04. The van der Waals surface area contributed by atoms with Crippen molar-refractivity contribution in [3.05, 3.63) is 47.9 Å². The highest BCUT2D eigenvalue weighted by Gasteiger charge is 2.05. The topological polar surface area (TPSA) is 52.2 Å². The molecule has 0 fully saturated rings. The van der Waals surface area contributed by atoms with E-state index < -0.39 is 0 Å². The van der Waals surface area contributed by atoms with Gasteiger partial charge in [0.2, 0.25) is 0 Å². The first kappa shape index (κ1) is 16.1. The van der Waals surface area contributed by atoms with Crippen LogP contribution >= 0.6 is 0 Å². The number of hydrogen-bond acceptors (Lipinski definition) is 1. The summed E-state index contributed by atoms with van der Waals surface area (Å²) < 4.78 is 13.2. The average Bonchev–Trinajstić information content (AvgIpc) is 2.92. The van der Waals surface area contributed by atoms with Gasteiger partial charge in [-0.1, -0.05) is 12.2 Å². The number of benzene rings is 1. The van der Waals surface area contributed by atoms with Crippen LogP contribution in [0.4, 0.5) is 4.39 Å². The number of aromatic amines is 1. The molecule has 0 saturated carbocycles. The maximum atomic E-state index is 13.2. The van der Waals surface area contributed by atoms with E-state index in [9.17, 15) is 4.39 Å². The van der Waals surface area contributed by atoms with Gasteiger partial charge in [0.1, 0.15) is 5.82 Å². The Morgan fingerprint density at radius 3 is 2.91 bits per heavy atom. The highest BCUT2D eigenvalue weighted by molar-refractivity contribution is 5.83. The molecule has 4 nitrogen and oxygen atoms in total. The Morgan fingerprint density at radius 2 is 2.14 bits per heavy atom. The first-order chi connectivity index (χ1) is 10.7. The van der Waals surface area contributed by atoms with Crippen LogP contribution in [0.15, 0.2) is 41.5 Å². The molecule has 5 heteroatoms. The summed E-state index contributed by atoms with van der Waals surface area (Å²) in [5.41, 5.74) is 2.01. The van der Waals surface area contributed by atoms with Gasteiger partial charge in [-0.2, -0.15) is 0 Å². The minimum Gasteiger partial charge on any atom is -0.361 e. The van der Waals surface area contributed by atoms with Crippen LogP contribution in [0.5, 0.6) is 0 Å². The van der Waals surface area contributed by atoms with Crippen LogP contribution in [-0.2, 0) is 6.42 Å². The van der Waals surface area contributed by atoms with E-state index in [4.69, 9.17) is 0 Å². The van der Waals surface area contributed by atoms with Crippen LogP contribution in [0.2, 0.25) is 0 Å². The lowest BCUT2D eigenvalue weighted by molar-refractivity contribution is 0.629. The maximum absolute atomic E-state index is 13.2. The highest BCUT2D eigenvalue weighted by Crippen LogP contribution is 2.19. The van der Waals surface area contributed by atoms with Gasteiger partial charge in [-0.15, -0.1) is 0 Å². The molecule has 0 aliphatic carbocycles. The summed E-state index contributed by atoms with van der Waals surface area (Å²) in [6.45, 7) is 3.64. The van der Waals surface area contributed by atoms with Crippen molar-refractivity contribution < 1.29 is 4.39 Å². The number of fused-ring (bicyclic) bond motifs is 1. The van der Waals surface area contributed by atoms with Crippen LogP contribution in [0.1, 0.15) is 18.9 Å². The van der Waals surface area contributed by atoms with Crippen molar-refractivity contribution in [2.75, 3.05) is 20.1 Å². The molecule has 22 heavy (non-hydrogen) atoms. The molecule has 0 bridgehead atoms. The fourth-order valence-corrected chi connectivity index (χ4v) is 2.34. The number of guanidine groups is 1. The Hall–Kier alpha value is -2.30. The van der Waals surface area contributed by atoms with Gasteiger partial charge >= 0.3 is 0 Å². The molecule has 0 amide bonds. The zero-order valence-corrected chi connectivity index (χ0v) is 13.1. The van der Waals surface area contributed by atoms with E-state index >= 15 is 0 Å². The van der Waals surface area contributed by atoms with Gasteiger partial charge in [-0.05, 0) is 43.5 Å². The lowest BCUT2D eigenvalue weighted by atomic mass is 10.1. The molecule has 3 N–H and O–H groups in total. The number of nitrogens with zero attached hydrogens (tertiary/aromatic N) is 1. The Balaban J connectivity index is 1.84. The van der Waals surface area contributed by atoms with Gasteiger partial charge in [0.15, 0.2) is 5.96 Å². The quantitative estimate of drug-likeness (QED) is 0.332. The summed E-state index contributed by atoms with van der Waals surface area (Å²) in [5.74, 6) is 0.583. The molecule has 118 valence electrons. The van der Waals surface area contributed by atoms with Crippen molar-refractivity contribution in [2.45, 2.75) is 19.8 Å². The van der Waals surface area contributed by atoms with Gasteiger partial charge in [0, 0.05) is 37.2 Å². The van der Waals surface area contributed by atoms with Crippen molar-refractivity contribution in [1.82, 2.24) is 15.6 Å². The monoisotopic (exact) mass is 302 g/mol. The zero-order chi connectivity index (χ0) is 15.8. The molecule has 2 rings (SSSR count). The van der Waals surface area contributed by atoms with Crippen LogP contribution in [-0.4, -0.2) is 31.1 Å². The first-order valence-electron chi connectivity index (χ1n) is 7.55. The molecule has 1 heterocycles. The molecule has 0 spiro atoms. The molecule has 1 aromatic carbocycles. The second-order valence-corrected chi connectivity index (χ2v) is 5.04. The van der Waals surface area contributed by atoms with E-state index in [-0.39, 0.29) is 5.82 Å². The van der Waals surface area contributed by atoms with Crippen molar-refractivity contribution in [3.63, 3.8) is 0 Å². The third kappa shape index (κ3) is 4.35. The molecular weight excluding hydrogens is 279 g/mol. The molecule has 0 unspecified atom stereocenters. The van der Waals surface area contributed by atoms with E-state index in [1.807, 2.05) is 25.3 Å². The average molecular weight is 302 g/mol. The third-order valence-electron chi connectivity index (χ3n) is 3.48. The number of nitrogens with one attached hydrogen (secondary N) is 3. The van der Waals surface area contributed by atoms with Crippen LogP contribution in [0.25, 0.3) is 10.9 Å². The predicted octanol–water partition coefficient (Wildman–Crippen LogP) is 2.98. The summed E-state index contributed by atoms with van der Waals surface area (Å²) >= 11 is 0. The molecule has 0 radical (unpaired) electrons. The summed E-state index contributed by atoms with van der Waals surface area (Å²) in [5, 5.41) is 7.62. The van der Waals surface area contributed by atoms with Crippen molar-refractivity contribution in [2.24, 2.45) is 4.99 Å². The van der Waals surface area contributed by atoms with Gasteiger partial charge in [0.25, 0.3) is 0 Å². The Morgan fingerprint density at radius 1 is 1.32 bits per heavy atom. The fraction of sp³-hybridized carbons (Fsp3) is 0.353. The number of H-pyrrole nitrogens is 1. The zero-order valence-electron chi connectivity index (χ0n) is 13.1. The minimum absolute atomic E-state index is 0.218. The largest absolute Gasteiger partial charge is 0.361 e. The highest BCUT2D eigenvalue weighted by atomic mass is 19.1. The number of rotatable bonds is 6. The number of halogens is 1. The van der Waals surface area contributed by atoms with E-state index in [1.54, 1.807) is 7.05 Å². The van der Waals surface area contributed by atoms with E-state index in [0.717, 1.165) is 42.8 Å². The molecular formula is C17H23FN4. The fourth-order valence-electron chi connectivity index (χ4n) is 2.34. The normalized spacial score (nSPS) is 12.2. The molecule has 0 aliphatic rings. The van der Waals surface area contributed by atoms with E-state index in [0.29, 0.717) is 0 Å². The summed E-state index contributed by atoms with van der Waals surface area (Å²) in [6, 6.07) is 4.84. The standard InChI is InChI=1S/C17H23FN4/c1-3-4-5-9-20-17(19-2)21-10-8-13-12-22-16-11-14(18)6-7-15(13)16/h3-4,6-7,11-12,22H,5,8-10H2,1-2H3,(H2,19,20,21). The van der Waals surface area contributed by atoms with Crippen LogP contribution in [0, 0.1) is 5.82 Å². The lowest BCUT2D eigenvalue weighted by Gasteiger charge is -2.10. The third-order valence-corrected chi connectivity index (χ3v) is 3.48. The summed E-state index contributed by atoms with van der Waals surface area (Å²) in [7, 11) is 1.76. The molecule has 0 aliphatic heterocycles. The minimum atomic E-state index is -0.218. The first-order valence-corrected chi connectivity index (χ1v) is 7.55. The molecule has 1 aromatic heterocycles. The predicted molar refractivity (Wildman–Crippen MR) is 90.8 cm³/mol. The maximum Gasteiger partial charge on any atom is 0.190 e. The van der Waals surface area contributed by atoms with E-state index in [1.165, 1.54) is 17.7 Å². The molecule has 0 saturated heterocycles. The number of allylic oxidation sites excluding steroid dienone is 1. The van der Waals surface area contributed by atoms with Crippen LogP contribution < -0.4 is 10.6 Å². The Kier molecular flexibility index (Phi) is 6.01. The van der Waals surface area contributed by atoms with Crippen LogP contribution in [0.3, 0.4) is 0 Å². The lowest BCUT2D eigenvalue weighted by Crippen LogP contribution is -2.38. The van der Waals surface area contributed by atoms with Gasteiger partial charge in [0.05, 0.1) is 0 Å². The van der Waals surface area contributed by atoms with E-state index in [2.05, 4.69) is 26.7 Å². The van der Waals surface area contributed by atoms with Gasteiger partial charge in [-0.25, -0.2) is 4.39 Å². The van der Waals surface area contributed by atoms with Crippen molar-refractivity contribution >= 4 is 16.9 Å². The molecule has 2 aromatic rings. The van der Waals surface area contributed by atoms with Crippen molar-refractivity contribution in [3.8, 4) is 0 Å². The number of hydrogen-bond donors (Lipinski definition) is 3. The number of aliphatic imine (C=N–C) groups is 1. The number of aromatic nitrogens is 1. The van der Waals surface area contributed by atoms with Gasteiger partial charge < -0.3 is 15.6 Å². The summed E-state index contributed by atoms with van der Waals surface area (Å²) in [4.78, 5) is 7.30. The summed E-state index contributed by atoms with van der Waals surface area (Å²) in [6.07, 6.45) is 7.92. The SMILES string of the molecule is CC=CCCNC(=NC)NCCc1c[nH]c2cc(F)ccc12.